The quantitative estimate of drug-likeness (QED) is 0.807. The molecule has 1 aromatic carbocycles. The zero-order chi connectivity index (χ0) is 18.9. The number of benzene rings is 1. The largest absolute Gasteiger partial charge is 0.485 e. The van der Waals surface area contributed by atoms with E-state index in [0.29, 0.717) is 31.0 Å². The van der Waals surface area contributed by atoms with Crippen LogP contribution in [0.25, 0.3) is 0 Å². The van der Waals surface area contributed by atoms with Crippen molar-refractivity contribution in [3.63, 3.8) is 0 Å². The van der Waals surface area contributed by atoms with Gasteiger partial charge < -0.3 is 24.0 Å². The van der Waals surface area contributed by atoms with Gasteiger partial charge in [-0.2, -0.15) is 0 Å². The van der Waals surface area contributed by atoms with Crippen LogP contribution in [0, 0.1) is 0 Å². The third-order valence-electron chi connectivity index (χ3n) is 4.49. The molecule has 0 saturated carbocycles. The van der Waals surface area contributed by atoms with E-state index in [0.717, 1.165) is 0 Å². The van der Waals surface area contributed by atoms with E-state index in [2.05, 4.69) is 0 Å². The van der Waals surface area contributed by atoms with E-state index in [-0.39, 0.29) is 24.6 Å². The minimum Gasteiger partial charge on any atom is -0.485 e. The molecule has 0 aliphatic carbocycles. The molecular weight excluding hydrogens is 336 g/mol. The number of hydrogen-bond acceptors (Lipinski definition) is 5. The van der Waals surface area contributed by atoms with Gasteiger partial charge in [0.2, 0.25) is 6.10 Å². The Kier molecular flexibility index (Phi) is 4.98. The first kappa shape index (κ1) is 18.4. The van der Waals surface area contributed by atoms with Gasteiger partial charge in [0.1, 0.15) is 12.2 Å². The van der Waals surface area contributed by atoms with Crippen molar-refractivity contribution in [3.8, 4) is 11.5 Å². The fourth-order valence-corrected chi connectivity index (χ4v) is 3.10. The number of nitrogens with zero attached hydrogens (tertiary/aromatic N) is 2. The maximum absolute atomic E-state index is 12.8. The van der Waals surface area contributed by atoms with E-state index < -0.39 is 11.7 Å². The molecule has 1 saturated heterocycles. The van der Waals surface area contributed by atoms with Crippen LogP contribution in [0.3, 0.4) is 0 Å². The van der Waals surface area contributed by atoms with Crippen LogP contribution >= 0.6 is 0 Å². The normalized spacial score (nSPS) is 22.1. The highest BCUT2D eigenvalue weighted by molar-refractivity contribution is 5.82. The third kappa shape index (κ3) is 4.03. The van der Waals surface area contributed by atoms with Crippen LogP contribution in [-0.4, -0.2) is 66.3 Å². The van der Waals surface area contributed by atoms with Gasteiger partial charge in [-0.25, -0.2) is 4.79 Å². The number of fused-ring (bicyclic) bond motifs is 1. The lowest BCUT2D eigenvalue weighted by Crippen LogP contribution is -2.49. The fraction of sp³-hybridized carbons (Fsp3) is 0.579. The van der Waals surface area contributed by atoms with Crippen LogP contribution in [0.1, 0.15) is 27.2 Å². The smallest absolute Gasteiger partial charge is 0.410 e. The predicted molar refractivity (Wildman–Crippen MR) is 95.3 cm³/mol. The molecule has 142 valence electrons. The molecule has 26 heavy (non-hydrogen) atoms. The summed E-state index contributed by atoms with van der Waals surface area (Å²) in [6, 6.07) is 7.24. The summed E-state index contributed by atoms with van der Waals surface area (Å²) in [6.07, 6.45) is -0.302. The highest BCUT2D eigenvalue weighted by Gasteiger charge is 2.37. The Labute approximate surface area is 153 Å². The lowest BCUT2D eigenvalue weighted by molar-refractivity contribution is -0.141. The number of para-hydroxylation sites is 2. The van der Waals surface area contributed by atoms with E-state index in [1.54, 1.807) is 22.9 Å². The minimum absolute atomic E-state index is 0.0595. The zero-order valence-corrected chi connectivity index (χ0v) is 15.7. The highest BCUT2D eigenvalue weighted by Crippen LogP contribution is 2.31. The van der Waals surface area contributed by atoms with Gasteiger partial charge in [-0.05, 0) is 39.3 Å². The molecule has 0 radical (unpaired) electrons. The van der Waals surface area contributed by atoms with Crippen molar-refractivity contribution in [1.29, 1.82) is 0 Å². The second kappa shape index (κ2) is 7.05. The number of hydrogen-bond donors (Lipinski definition) is 0. The summed E-state index contributed by atoms with van der Waals surface area (Å²) in [5, 5.41) is 0. The maximum Gasteiger partial charge on any atom is 0.410 e. The van der Waals surface area contributed by atoms with Crippen molar-refractivity contribution in [1.82, 2.24) is 9.80 Å². The molecule has 1 aromatic rings. The summed E-state index contributed by atoms with van der Waals surface area (Å²) < 4.78 is 16.8. The van der Waals surface area contributed by atoms with E-state index in [4.69, 9.17) is 14.2 Å². The van der Waals surface area contributed by atoms with Gasteiger partial charge >= 0.3 is 6.09 Å². The molecule has 0 bridgehead atoms. The molecule has 2 aliphatic rings. The van der Waals surface area contributed by atoms with E-state index in [9.17, 15) is 9.59 Å². The van der Waals surface area contributed by atoms with Crippen LogP contribution in [0.2, 0.25) is 0 Å². The van der Waals surface area contributed by atoms with Gasteiger partial charge in [0.25, 0.3) is 5.91 Å². The summed E-state index contributed by atoms with van der Waals surface area (Å²) in [4.78, 5) is 28.3. The summed E-state index contributed by atoms with van der Waals surface area (Å²) in [6.45, 7) is 6.73. The maximum atomic E-state index is 12.8. The molecule has 1 unspecified atom stereocenters. The second-order valence-corrected chi connectivity index (χ2v) is 7.68. The SMILES string of the molecule is CN(C(=O)C1COc2ccccc2O1)[C@@H]1CCN(C(=O)OC(C)(C)C)C1. The number of rotatable bonds is 2. The van der Waals surface area contributed by atoms with Crippen molar-refractivity contribution in [2.45, 2.75) is 44.9 Å². The molecule has 2 atom stereocenters. The van der Waals surface area contributed by atoms with Crippen LogP contribution in [0.4, 0.5) is 4.79 Å². The van der Waals surface area contributed by atoms with E-state index in [1.165, 1.54) is 0 Å². The summed E-state index contributed by atoms with van der Waals surface area (Å²) in [7, 11) is 1.75. The lowest BCUT2D eigenvalue weighted by atomic mass is 10.2. The van der Waals surface area contributed by atoms with Crippen molar-refractivity contribution in [2.75, 3.05) is 26.7 Å². The van der Waals surface area contributed by atoms with Gasteiger partial charge in [-0.15, -0.1) is 0 Å². The first-order valence-corrected chi connectivity index (χ1v) is 8.87. The molecule has 0 aromatic heterocycles. The molecule has 0 N–H and O–H groups in total. The second-order valence-electron chi connectivity index (χ2n) is 7.68. The Morgan fingerprint density at radius 1 is 1.23 bits per heavy atom. The van der Waals surface area contributed by atoms with E-state index in [1.807, 2.05) is 39.0 Å². The molecule has 1 fully saturated rings. The predicted octanol–water partition coefficient (Wildman–Crippen LogP) is 2.29. The number of carbonyl (C=O) groups is 2. The molecular formula is C19H26N2O5. The average Bonchev–Trinajstić information content (AvgIpc) is 3.09. The van der Waals surface area contributed by atoms with Crippen LogP contribution in [0.15, 0.2) is 24.3 Å². The molecule has 7 nitrogen and oxygen atoms in total. The van der Waals surface area contributed by atoms with Crippen LogP contribution < -0.4 is 9.47 Å². The zero-order valence-electron chi connectivity index (χ0n) is 15.7. The average molecular weight is 362 g/mol. The summed E-state index contributed by atoms with van der Waals surface area (Å²) >= 11 is 0. The summed E-state index contributed by atoms with van der Waals surface area (Å²) in [5.41, 5.74) is -0.530. The topological polar surface area (TPSA) is 68.3 Å². The van der Waals surface area contributed by atoms with Crippen molar-refractivity contribution < 1.29 is 23.8 Å². The Morgan fingerprint density at radius 2 is 1.92 bits per heavy atom. The van der Waals surface area contributed by atoms with Gasteiger partial charge in [0.05, 0.1) is 6.04 Å². The molecule has 2 heterocycles. The van der Waals surface area contributed by atoms with Gasteiger partial charge in [-0.1, -0.05) is 12.1 Å². The van der Waals surface area contributed by atoms with Crippen LogP contribution in [0.5, 0.6) is 11.5 Å². The Balaban J connectivity index is 1.57. The lowest BCUT2D eigenvalue weighted by Gasteiger charge is -2.31. The Morgan fingerprint density at radius 3 is 2.62 bits per heavy atom. The Hall–Kier alpha value is -2.44. The molecule has 2 aliphatic heterocycles. The van der Waals surface area contributed by atoms with Crippen molar-refractivity contribution in [3.05, 3.63) is 24.3 Å². The fourth-order valence-electron chi connectivity index (χ4n) is 3.10. The van der Waals surface area contributed by atoms with Crippen molar-refractivity contribution >= 4 is 12.0 Å². The number of amides is 2. The molecule has 0 spiro atoms. The Bertz CT molecular complexity index is 685. The van der Waals surface area contributed by atoms with E-state index >= 15 is 0 Å². The number of likely N-dealkylation sites (tertiary alicyclic amines) is 1. The highest BCUT2D eigenvalue weighted by atomic mass is 16.6. The first-order valence-electron chi connectivity index (χ1n) is 8.87. The molecule has 2 amide bonds. The third-order valence-corrected chi connectivity index (χ3v) is 4.49. The van der Waals surface area contributed by atoms with Crippen LogP contribution in [-0.2, 0) is 9.53 Å². The minimum atomic E-state index is -0.675. The first-order chi connectivity index (χ1) is 12.2. The van der Waals surface area contributed by atoms with Gasteiger partial charge in [0, 0.05) is 20.1 Å². The molecule has 3 rings (SSSR count). The van der Waals surface area contributed by atoms with Gasteiger partial charge in [0.15, 0.2) is 11.5 Å². The molecule has 7 heteroatoms. The number of likely N-dealkylation sites (N-methyl/N-ethyl adjacent to an activating group) is 1. The summed E-state index contributed by atoms with van der Waals surface area (Å²) in [5.74, 6) is 1.08. The standard InChI is InChI=1S/C19H26N2O5/c1-19(2,3)26-18(23)21-10-9-13(11-21)20(4)17(22)16-12-24-14-7-5-6-8-15(14)25-16/h5-8,13,16H,9-12H2,1-4H3/t13-,16?/m1/s1. The van der Waals surface area contributed by atoms with Crippen molar-refractivity contribution in [2.24, 2.45) is 0 Å². The monoisotopic (exact) mass is 362 g/mol. The van der Waals surface area contributed by atoms with Gasteiger partial charge in [-0.3, -0.25) is 4.79 Å². The number of ether oxygens (including phenoxy) is 3. The number of carbonyl (C=O) groups excluding carboxylic acids is 2.